The molecule has 1 aliphatic rings. The van der Waals surface area contributed by atoms with Crippen LogP contribution >= 0.6 is 0 Å². The van der Waals surface area contributed by atoms with E-state index < -0.39 is 29.6 Å². The van der Waals surface area contributed by atoms with Crippen molar-refractivity contribution in [2.24, 2.45) is 0 Å². The molecule has 1 N–H and O–H groups in total. The molecule has 7 nitrogen and oxygen atoms in total. The second kappa shape index (κ2) is 7.85. The number of nitrogens with zero attached hydrogens (tertiary/aromatic N) is 3. The normalized spacial score (nSPS) is 16.2. The van der Waals surface area contributed by atoms with Crippen LogP contribution in [0.2, 0.25) is 0 Å². The molecule has 0 atom stereocenters. The molecule has 1 fully saturated rings. The van der Waals surface area contributed by atoms with Gasteiger partial charge >= 0.3 is 12.4 Å². The maximum Gasteiger partial charge on any atom is 0.573 e. The van der Waals surface area contributed by atoms with Crippen LogP contribution in [0.25, 0.3) is 0 Å². The molecule has 2 aromatic rings. The van der Waals surface area contributed by atoms with E-state index in [1.807, 2.05) is 6.92 Å². The van der Waals surface area contributed by atoms with Gasteiger partial charge in [0.2, 0.25) is 0 Å². The number of pyridine rings is 1. The molecule has 160 valence electrons. The summed E-state index contributed by atoms with van der Waals surface area (Å²) in [4.78, 5) is 32.5. The highest BCUT2D eigenvalue weighted by Gasteiger charge is 2.51. The first-order valence-electron chi connectivity index (χ1n) is 9.23. The number of rotatable bonds is 6. The molecular formula is C20H21F3N4O3. The summed E-state index contributed by atoms with van der Waals surface area (Å²) in [6, 6.07) is 5.81. The number of imide groups is 1. The van der Waals surface area contributed by atoms with Crippen molar-refractivity contribution in [3.05, 3.63) is 48.3 Å². The Bertz CT molecular complexity index is 945. The summed E-state index contributed by atoms with van der Waals surface area (Å²) >= 11 is 0. The number of hydrogen-bond acceptors (Lipinski definition) is 5. The molecule has 0 spiro atoms. The van der Waals surface area contributed by atoms with E-state index in [4.69, 9.17) is 0 Å². The van der Waals surface area contributed by atoms with Crippen molar-refractivity contribution in [3.8, 4) is 5.75 Å². The van der Waals surface area contributed by atoms with Gasteiger partial charge in [0, 0.05) is 12.7 Å². The molecule has 0 unspecified atom stereocenters. The molecule has 0 radical (unpaired) electrons. The first kappa shape index (κ1) is 21.4. The largest absolute Gasteiger partial charge is 0.573 e. The van der Waals surface area contributed by atoms with E-state index in [2.05, 4.69) is 15.0 Å². The predicted molar refractivity (Wildman–Crippen MR) is 104 cm³/mol. The summed E-state index contributed by atoms with van der Waals surface area (Å²) in [6.45, 7) is 6.01. The van der Waals surface area contributed by atoms with E-state index in [0.29, 0.717) is 6.54 Å². The third-order valence-corrected chi connectivity index (χ3v) is 4.76. The maximum absolute atomic E-state index is 13.1. The van der Waals surface area contributed by atoms with Crippen LogP contribution in [0.1, 0.15) is 26.3 Å². The highest BCUT2D eigenvalue weighted by Crippen LogP contribution is 2.35. The van der Waals surface area contributed by atoms with Crippen molar-refractivity contribution < 1.29 is 27.5 Å². The van der Waals surface area contributed by atoms with Crippen molar-refractivity contribution in [1.29, 1.82) is 0 Å². The molecule has 10 heteroatoms. The van der Waals surface area contributed by atoms with Gasteiger partial charge in [0.25, 0.3) is 5.91 Å². The van der Waals surface area contributed by atoms with Crippen LogP contribution in [0.4, 0.5) is 29.3 Å². The molecule has 1 aliphatic heterocycles. The van der Waals surface area contributed by atoms with E-state index >= 15 is 0 Å². The zero-order chi connectivity index (χ0) is 22.1. The van der Waals surface area contributed by atoms with E-state index in [-0.39, 0.29) is 12.2 Å². The Morgan fingerprint density at radius 3 is 2.40 bits per heavy atom. The first-order valence-corrected chi connectivity index (χ1v) is 9.23. The number of anilines is 2. The van der Waals surface area contributed by atoms with Gasteiger partial charge in [-0.3, -0.25) is 9.78 Å². The summed E-state index contributed by atoms with van der Waals surface area (Å²) in [5.74, 6) is -0.912. The standard InChI is InChI=1S/C20H21F3N4O3/c1-4-25-16-11-24-10-9-13(16)12-26-18(29)27(17(28)19(26,2)3)14-5-7-15(8-6-14)30-20(21,22)23/h5-11,25H,4,12H2,1-3H3. The highest BCUT2D eigenvalue weighted by atomic mass is 19.4. The van der Waals surface area contributed by atoms with Crippen molar-refractivity contribution in [1.82, 2.24) is 9.88 Å². The Kier molecular flexibility index (Phi) is 5.60. The van der Waals surface area contributed by atoms with Gasteiger partial charge in [-0.2, -0.15) is 0 Å². The lowest BCUT2D eigenvalue weighted by molar-refractivity contribution is -0.274. The number of hydrogen-bond donors (Lipinski definition) is 1. The van der Waals surface area contributed by atoms with E-state index in [0.717, 1.165) is 28.3 Å². The predicted octanol–water partition coefficient (Wildman–Crippen LogP) is 4.16. The molecule has 1 aromatic heterocycles. The van der Waals surface area contributed by atoms with E-state index in [9.17, 15) is 22.8 Å². The summed E-state index contributed by atoms with van der Waals surface area (Å²) in [6.07, 6.45) is -1.58. The van der Waals surface area contributed by atoms with Crippen molar-refractivity contribution in [2.75, 3.05) is 16.8 Å². The molecule has 0 aliphatic carbocycles. The molecule has 0 saturated carbocycles. The minimum atomic E-state index is -4.83. The Morgan fingerprint density at radius 1 is 1.13 bits per heavy atom. The van der Waals surface area contributed by atoms with Crippen LogP contribution in [0.5, 0.6) is 5.75 Å². The minimum Gasteiger partial charge on any atom is -0.406 e. The number of nitrogens with one attached hydrogen (secondary N) is 1. The van der Waals surface area contributed by atoms with Crippen molar-refractivity contribution >= 4 is 23.3 Å². The number of carbonyl (C=O) groups excluding carboxylic acids is 2. The number of benzene rings is 1. The van der Waals surface area contributed by atoms with Gasteiger partial charge in [-0.05, 0) is 56.7 Å². The Balaban J connectivity index is 1.87. The Hall–Kier alpha value is -3.30. The van der Waals surface area contributed by atoms with Crippen LogP contribution < -0.4 is 15.0 Å². The number of aromatic nitrogens is 1. The lowest BCUT2D eigenvalue weighted by Gasteiger charge is -2.28. The number of carbonyl (C=O) groups is 2. The summed E-state index contributed by atoms with van der Waals surface area (Å²) < 4.78 is 40.9. The second-order valence-electron chi connectivity index (χ2n) is 7.17. The summed E-state index contributed by atoms with van der Waals surface area (Å²) in [7, 11) is 0. The first-order chi connectivity index (χ1) is 14.0. The van der Waals surface area contributed by atoms with Crippen molar-refractivity contribution in [3.63, 3.8) is 0 Å². The quantitative estimate of drug-likeness (QED) is 0.708. The SMILES string of the molecule is CCNc1cnccc1CN1C(=O)N(c2ccc(OC(F)(F)F)cc2)C(=O)C1(C)C. The van der Waals surface area contributed by atoms with E-state index in [1.165, 1.54) is 17.0 Å². The number of alkyl halides is 3. The second-order valence-corrected chi connectivity index (χ2v) is 7.17. The number of amides is 3. The number of urea groups is 1. The molecule has 3 amide bonds. The summed E-state index contributed by atoms with van der Waals surface area (Å²) in [5, 5.41) is 3.17. The maximum atomic E-state index is 13.1. The van der Waals surface area contributed by atoms with Gasteiger partial charge in [-0.15, -0.1) is 13.2 Å². The highest BCUT2D eigenvalue weighted by molar-refractivity contribution is 6.22. The fraction of sp³-hybridized carbons (Fsp3) is 0.350. The number of halogens is 3. The average molecular weight is 422 g/mol. The van der Waals surface area contributed by atoms with Gasteiger partial charge in [0.1, 0.15) is 11.3 Å². The fourth-order valence-corrected chi connectivity index (χ4v) is 3.21. The van der Waals surface area contributed by atoms with Crippen LogP contribution in [0.15, 0.2) is 42.7 Å². The van der Waals surface area contributed by atoms with Crippen LogP contribution in [-0.4, -0.2) is 40.3 Å². The third-order valence-electron chi connectivity index (χ3n) is 4.76. The zero-order valence-corrected chi connectivity index (χ0v) is 16.7. The van der Waals surface area contributed by atoms with Crippen LogP contribution in [0, 0.1) is 0 Å². The molecule has 1 saturated heterocycles. The molecule has 30 heavy (non-hydrogen) atoms. The van der Waals surface area contributed by atoms with Gasteiger partial charge < -0.3 is 15.0 Å². The molecule has 3 rings (SSSR count). The topological polar surface area (TPSA) is 74.8 Å². The lowest BCUT2D eigenvalue weighted by Crippen LogP contribution is -2.43. The third kappa shape index (κ3) is 4.17. The van der Waals surface area contributed by atoms with Crippen LogP contribution in [0.3, 0.4) is 0 Å². The van der Waals surface area contributed by atoms with Gasteiger partial charge in [-0.25, -0.2) is 9.69 Å². The van der Waals surface area contributed by atoms with Crippen LogP contribution in [-0.2, 0) is 11.3 Å². The summed E-state index contributed by atoms with van der Waals surface area (Å²) in [5.41, 5.74) is 0.557. The molecule has 2 heterocycles. The number of ether oxygens (including phenoxy) is 1. The smallest absolute Gasteiger partial charge is 0.406 e. The molecule has 1 aromatic carbocycles. The van der Waals surface area contributed by atoms with E-state index in [1.54, 1.807) is 32.3 Å². The van der Waals surface area contributed by atoms with Gasteiger partial charge in [0.15, 0.2) is 0 Å². The van der Waals surface area contributed by atoms with Gasteiger partial charge in [0.05, 0.1) is 24.1 Å². The average Bonchev–Trinajstić information content (AvgIpc) is 2.83. The minimum absolute atomic E-state index is 0.161. The van der Waals surface area contributed by atoms with Crippen molar-refractivity contribution in [2.45, 2.75) is 39.2 Å². The Labute approximate surface area is 171 Å². The molecule has 0 bridgehead atoms. The lowest BCUT2D eigenvalue weighted by atomic mass is 10.0. The fourth-order valence-electron chi connectivity index (χ4n) is 3.21. The monoisotopic (exact) mass is 422 g/mol. The van der Waals surface area contributed by atoms with Gasteiger partial charge in [-0.1, -0.05) is 0 Å². The molecular weight excluding hydrogens is 401 g/mol. The zero-order valence-electron chi connectivity index (χ0n) is 16.7. The Morgan fingerprint density at radius 2 is 1.80 bits per heavy atom.